The van der Waals surface area contributed by atoms with E-state index in [-0.39, 0.29) is 17.7 Å². The molecule has 0 unspecified atom stereocenters. The van der Waals surface area contributed by atoms with Gasteiger partial charge in [0.25, 0.3) is 5.91 Å². The van der Waals surface area contributed by atoms with Gasteiger partial charge in [-0.25, -0.2) is 5.01 Å². The molecule has 3 heterocycles. The maximum Gasteiger partial charge on any atom is 0.284 e. The largest absolute Gasteiger partial charge is 0.508 e. The zero-order chi connectivity index (χ0) is 16.5. The topological polar surface area (TPSA) is 52.9 Å². The summed E-state index contributed by atoms with van der Waals surface area (Å²) in [6, 6.07) is 14.5. The molecule has 1 atom stereocenters. The van der Waals surface area contributed by atoms with Crippen molar-refractivity contribution in [2.45, 2.75) is 12.5 Å². The second-order valence-corrected chi connectivity index (χ2v) is 7.36. The molecule has 1 aromatic carbocycles. The molecule has 0 fully saturated rings. The van der Waals surface area contributed by atoms with E-state index in [4.69, 9.17) is 0 Å². The van der Waals surface area contributed by atoms with Crippen molar-refractivity contribution in [1.29, 1.82) is 0 Å². The van der Waals surface area contributed by atoms with Crippen LogP contribution in [-0.4, -0.2) is 21.7 Å². The van der Waals surface area contributed by atoms with Crippen molar-refractivity contribution in [3.63, 3.8) is 0 Å². The van der Waals surface area contributed by atoms with Crippen molar-refractivity contribution in [1.82, 2.24) is 5.01 Å². The Hall–Kier alpha value is -2.44. The molecule has 3 aromatic rings. The van der Waals surface area contributed by atoms with Gasteiger partial charge in [-0.1, -0.05) is 24.3 Å². The number of nitrogens with zero attached hydrogens (tertiary/aromatic N) is 2. The quantitative estimate of drug-likeness (QED) is 0.752. The fraction of sp³-hybridized carbons (Fsp3) is 0.111. The molecular weight excluding hydrogens is 340 g/mol. The molecule has 1 aliphatic rings. The minimum absolute atomic E-state index is 0.0883. The minimum Gasteiger partial charge on any atom is -0.508 e. The van der Waals surface area contributed by atoms with Crippen LogP contribution in [0.4, 0.5) is 0 Å². The number of hydrogen-bond donors (Lipinski definition) is 1. The van der Waals surface area contributed by atoms with Gasteiger partial charge in [0.15, 0.2) is 0 Å². The van der Waals surface area contributed by atoms with Gasteiger partial charge >= 0.3 is 0 Å². The summed E-state index contributed by atoms with van der Waals surface area (Å²) in [7, 11) is 0. The number of carbonyl (C=O) groups excluding carboxylic acids is 1. The van der Waals surface area contributed by atoms with Crippen molar-refractivity contribution in [2.75, 3.05) is 0 Å². The van der Waals surface area contributed by atoms with E-state index in [2.05, 4.69) is 5.10 Å². The molecule has 0 saturated carbocycles. The van der Waals surface area contributed by atoms with Crippen LogP contribution < -0.4 is 0 Å². The van der Waals surface area contributed by atoms with Gasteiger partial charge in [0, 0.05) is 6.42 Å². The van der Waals surface area contributed by atoms with Crippen LogP contribution in [0.3, 0.4) is 0 Å². The molecule has 0 radical (unpaired) electrons. The van der Waals surface area contributed by atoms with Crippen LogP contribution in [0.2, 0.25) is 0 Å². The van der Waals surface area contributed by atoms with Gasteiger partial charge in [0.2, 0.25) is 0 Å². The Kier molecular flexibility index (Phi) is 3.92. The highest BCUT2D eigenvalue weighted by Gasteiger charge is 2.34. The fourth-order valence-corrected chi connectivity index (χ4v) is 4.13. The molecule has 24 heavy (non-hydrogen) atoms. The Morgan fingerprint density at radius 1 is 1.08 bits per heavy atom. The number of carbonyl (C=O) groups is 1. The van der Waals surface area contributed by atoms with Gasteiger partial charge in [0.05, 0.1) is 21.5 Å². The van der Waals surface area contributed by atoms with Crippen LogP contribution in [0.5, 0.6) is 5.75 Å². The number of hydrazone groups is 1. The Labute approximate surface area is 147 Å². The van der Waals surface area contributed by atoms with Crippen molar-refractivity contribution in [2.24, 2.45) is 5.10 Å². The van der Waals surface area contributed by atoms with E-state index in [1.165, 1.54) is 11.3 Å². The number of thiophene rings is 2. The van der Waals surface area contributed by atoms with Gasteiger partial charge < -0.3 is 5.11 Å². The second-order valence-electron chi connectivity index (χ2n) is 5.46. The Morgan fingerprint density at radius 3 is 2.50 bits per heavy atom. The maximum absolute atomic E-state index is 12.9. The predicted molar refractivity (Wildman–Crippen MR) is 96.8 cm³/mol. The highest BCUT2D eigenvalue weighted by molar-refractivity contribution is 7.12. The molecule has 0 bridgehead atoms. The summed E-state index contributed by atoms with van der Waals surface area (Å²) in [5.41, 5.74) is 1.89. The Morgan fingerprint density at radius 2 is 1.83 bits per heavy atom. The van der Waals surface area contributed by atoms with E-state index in [9.17, 15) is 9.90 Å². The lowest BCUT2D eigenvalue weighted by Gasteiger charge is -2.21. The average Bonchev–Trinajstić information content (AvgIpc) is 3.34. The van der Waals surface area contributed by atoms with E-state index >= 15 is 0 Å². The van der Waals surface area contributed by atoms with Gasteiger partial charge in [-0.05, 0) is 40.6 Å². The fourth-order valence-electron chi connectivity index (χ4n) is 2.76. The van der Waals surface area contributed by atoms with Crippen LogP contribution in [-0.2, 0) is 0 Å². The summed E-state index contributed by atoms with van der Waals surface area (Å²) in [6.07, 6.45) is 0.669. The number of benzene rings is 1. The first-order valence-electron chi connectivity index (χ1n) is 7.50. The summed E-state index contributed by atoms with van der Waals surface area (Å²) in [5, 5.41) is 19.6. The van der Waals surface area contributed by atoms with Crippen molar-refractivity contribution in [3.05, 3.63) is 74.6 Å². The lowest BCUT2D eigenvalue weighted by molar-refractivity contribution is 0.0716. The second kappa shape index (κ2) is 6.22. The molecule has 6 heteroatoms. The molecule has 1 amide bonds. The van der Waals surface area contributed by atoms with Crippen LogP contribution in [0.1, 0.15) is 32.6 Å². The molecule has 0 aliphatic carbocycles. The normalized spacial score (nSPS) is 17.1. The first-order valence-corrected chi connectivity index (χ1v) is 9.25. The number of phenols is 1. The predicted octanol–water partition coefficient (Wildman–Crippen LogP) is 4.51. The maximum atomic E-state index is 12.9. The summed E-state index contributed by atoms with van der Waals surface area (Å²) >= 11 is 3.04. The first-order chi connectivity index (χ1) is 11.7. The Bertz CT molecular complexity index is 868. The lowest BCUT2D eigenvalue weighted by Crippen LogP contribution is -2.26. The first kappa shape index (κ1) is 15.1. The molecule has 0 saturated heterocycles. The third kappa shape index (κ3) is 2.74. The molecular formula is C18H14N2O2S2. The van der Waals surface area contributed by atoms with Crippen LogP contribution in [0, 0.1) is 0 Å². The molecule has 1 aliphatic heterocycles. The lowest BCUT2D eigenvalue weighted by atomic mass is 10.0. The van der Waals surface area contributed by atoms with Crippen LogP contribution in [0.15, 0.2) is 64.4 Å². The van der Waals surface area contributed by atoms with Gasteiger partial charge in [-0.2, -0.15) is 5.10 Å². The summed E-state index contributed by atoms with van der Waals surface area (Å²) in [4.78, 5) is 14.6. The van der Waals surface area contributed by atoms with Gasteiger partial charge in [-0.15, -0.1) is 22.7 Å². The molecule has 1 N–H and O–H groups in total. The highest BCUT2D eigenvalue weighted by atomic mass is 32.1. The summed E-state index contributed by atoms with van der Waals surface area (Å²) in [6.45, 7) is 0. The van der Waals surface area contributed by atoms with Crippen LogP contribution in [0.25, 0.3) is 0 Å². The summed E-state index contributed by atoms with van der Waals surface area (Å²) in [5.74, 6) is 0.127. The zero-order valence-electron chi connectivity index (χ0n) is 12.6. The van der Waals surface area contributed by atoms with E-state index in [1.54, 1.807) is 28.5 Å². The van der Waals surface area contributed by atoms with E-state index in [0.717, 1.165) is 16.2 Å². The number of phenolic OH excluding ortho intramolecular Hbond substituents is 1. The number of rotatable bonds is 3. The number of aromatic hydroxyl groups is 1. The van der Waals surface area contributed by atoms with Gasteiger partial charge in [-0.3, -0.25) is 4.79 Å². The molecule has 0 spiro atoms. The minimum atomic E-state index is -0.155. The standard InChI is InChI=1S/C18H14N2O2S2/c21-13-7-5-12(6-8-13)15-11-14(16-3-1-9-23-16)19-20(15)18(22)17-4-2-10-24-17/h1-10,15,21H,11H2/t15-/m0/s1. The molecule has 4 rings (SSSR count). The smallest absolute Gasteiger partial charge is 0.284 e. The van der Waals surface area contributed by atoms with Gasteiger partial charge in [0.1, 0.15) is 5.75 Å². The third-order valence-corrected chi connectivity index (χ3v) is 5.71. The van der Waals surface area contributed by atoms with E-state index in [0.29, 0.717) is 11.3 Å². The van der Waals surface area contributed by atoms with Crippen molar-refractivity contribution in [3.8, 4) is 5.75 Å². The molecule has 120 valence electrons. The molecule has 4 nitrogen and oxygen atoms in total. The Balaban J connectivity index is 1.72. The number of amides is 1. The zero-order valence-corrected chi connectivity index (χ0v) is 14.3. The third-order valence-electron chi connectivity index (χ3n) is 3.93. The molecule has 2 aromatic heterocycles. The van der Waals surface area contributed by atoms with E-state index in [1.807, 2.05) is 47.2 Å². The average molecular weight is 354 g/mol. The summed E-state index contributed by atoms with van der Waals surface area (Å²) < 4.78 is 0. The SMILES string of the molecule is O=C(c1cccs1)N1N=C(c2cccs2)C[C@H]1c1ccc(O)cc1. The van der Waals surface area contributed by atoms with Crippen molar-refractivity contribution < 1.29 is 9.90 Å². The van der Waals surface area contributed by atoms with Crippen LogP contribution >= 0.6 is 22.7 Å². The van der Waals surface area contributed by atoms with Crippen molar-refractivity contribution >= 4 is 34.3 Å². The number of hydrogen-bond acceptors (Lipinski definition) is 5. The van der Waals surface area contributed by atoms with E-state index < -0.39 is 0 Å². The highest BCUT2D eigenvalue weighted by Crippen LogP contribution is 2.35. The monoisotopic (exact) mass is 354 g/mol.